The van der Waals surface area contributed by atoms with Gasteiger partial charge in [0.2, 0.25) is 5.91 Å². The molecule has 0 unspecified atom stereocenters. The summed E-state index contributed by atoms with van der Waals surface area (Å²) >= 11 is 0. The molecule has 1 amide bonds. The van der Waals surface area contributed by atoms with E-state index in [2.05, 4.69) is 58.4 Å². The fourth-order valence-electron chi connectivity index (χ4n) is 4.40. The number of aromatic nitrogens is 2. The average molecular weight is 423 g/mol. The molecule has 1 fully saturated rings. The monoisotopic (exact) mass is 422 g/mol. The van der Waals surface area contributed by atoms with Crippen LogP contribution in [-0.4, -0.2) is 47.2 Å². The van der Waals surface area contributed by atoms with Crippen molar-refractivity contribution in [3.8, 4) is 11.3 Å². The summed E-state index contributed by atoms with van der Waals surface area (Å²) in [7, 11) is 0. The normalized spacial score (nSPS) is 14.0. The molecule has 1 saturated heterocycles. The highest BCUT2D eigenvalue weighted by atomic mass is 16.2. The molecule has 2 heterocycles. The van der Waals surface area contributed by atoms with Gasteiger partial charge in [-0.25, -0.2) is 0 Å². The summed E-state index contributed by atoms with van der Waals surface area (Å²) in [4.78, 5) is 17.1. The van der Waals surface area contributed by atoms with Crippen LogP contribution in [0.3, 0.4) is 0 Å². The number of piperazine rings is 1. The lowest BCUT2D eigenvalue weighted by Crippen LogP contribution is -2.49. The highest BCUT2D eigenvalue weighted by molar-refractivity contribution is 5.90. The van der Waals surface area contributed by atoms with E-state index in [0.717, 1.165) is 41.1 Å². The lowest BCUT2D eigenvalue weighted by atomic mass is 10.0. The van der Waals surface area contributed by atoms with E-state index in [-0.39, 0.29) is 5.91 Å². The number of fused-ring (bicyclic) bond motifs is 1. The van der Waals surface area contributed by atoms with E-state index < -0.39 is 0 Å². The van der Waals surface area contributed by atoms with Crippen LogP contribution in [0.5, 0.6) is 0 Å². The molecule has 1 aliphatic rings. The Hall–Kier alpha value is -3.73. The zero-order valence-electron chi connectivity index (χ0n) is 18.2. The molecule has 5 nitrogen and oxygen atoms in total. The highest BCUT2D eigenvalue weighted by Gasteiger charge is 2.22. The van der Waals surface area contributed by atoms with Gasteiger partial charge in [-0.3, -0.25) is 4.79 Å². The van der Waals surface area contributed by atoms with Gasteiger partial charge < -0.3 is 9.80 Å². The Labute approximate surface area is 188 Å². The van der Waals surface area contributed by atoms with Gasteiger partial charge in [0.05, 0.1) is 12.1 Å². The van der Waals surface area contributed by atoms with Crippen LogP contribution in [0.15, 0.2) is 78.9 Å². The van der Waals surface area contributed by atoms with Crippen LogP contribution in [0.25, 0.3) is 22.0 Å². The minimum absolute atomic E-state index is 0.182. The zero-order chi connectivity index (χ0) is 21.9. The number of benzene rings is 3. The molecule has 0 aliphatic carbocycles. The Balaban J connectivity index is 1.22. The van der Waals surface area contributed by atoms with Crippen LogP contribution < -0.4 is 4.90 Å². The molecule has 4 aromatic rings. The smallest absolute Gasteiger partial charge is 0.227 e. The number of carbonyl (C=O) groups excluding carboxylic acids is 1. The lowest BCUT2D eigenvalue weighted by Gasteiger charge is -2.35. The van der Waals surface area contributed by atoms with E-state index in [9.17, 15) is 4.79 Å². The molecule has 3 aromatic carbocycles. The first-order chi connectivity index (χ1) is 15.7. The summed E-state index contributed by atoms with van der Waals surface area (Å²) in [5.41, 5.74) is 4.27. The van der Waals surface area contributed by atoms with E-state index in [4.69, 9.17) is 0 Å². The number of nitrogens with zero attached hydrogens (tertiary/aromatic N) is 4. The maximum Gasteiger partial charge on any atom is 0.227 e. The molecule has 160 valence electrons. The number of rotatable bonds is 4. The van der Waals surface area contributed by atoms with Crippen LogP contribution in [-0.2, 0) is 11.2 Å². The van der Waals surface area contributed by atoms with Gasteiger partial charge in [-0.1, -0.05) is 66.7 Å². The topological polar surface area (TPSA) is 49.3 Å². The van der Waals surface area contributed by atoms with Crippen molar-refractivity contribution in [3.63, 3.8) is 0 Å². The standard InChI is InChI=1S/C27H26N4O/c1-20-7-2-4-11-23(20)25-13-14-26(29-28-25)30-15-17-31(18-16-30)27(32)19-22-10-6-9-21-8-3-5-12-24(21)22/h2-14H,15-19H2,1H3. The molecule has 0 radical (unpaired) electrons. The summed E-state index contributed by atoms with van der Waals surface area (Å²) in [6.45, 7) is 5.01. The van der Waals surface area contributed by atoms with E-state index in [1.807, 2.05) is 47.4 Å². The van der Waals surface area contributed by atoms with Crippen molar-refractivity contribution in [2.45, 2.75) is 13.3 Å². The van der Waals surface area contributed by atoms with Crippen LogP contribution in [0.2, 0.25) is 0 Å². The first-order valence-corrected chi connectivity index (χ1v) is 11.1. The Morgan fingerprint density at radius 3 is 2.34 bits per heavy atom. The van der Waals surface area contributed by atoms with Crippen molar-refractivity contribution >= 4 is 22.5 Å². The Kier molecular flexibility index (Phi) is 5.55. The first-order valence-electron chi connectivity index (χ1n) is 11.1. The molecule has 32 heavy (non-hydrogen) atoms. The average Bonchev–Trinajstić information content (AvgIpc) is 2.85. The Bertz CT molecular complexity index is 1240. The summed E-state index contributed by atoms with van der Waals surface area (Å²) in [6, 6.07) is 26.7. The van der Waals surface area contributed by atoms with Crippen molar-refractivity contribution < 1.29 is 4.79 Å². The van der Waals surface area contributed by atoms with Crippen molar-refractivity contribution in [1.82, 2.24) is 15.1 Å². The van der Waals surface area contributed by atoms with Crippen LogP contribution >= 0.6 is 0 Å². The molecule has 1 aromatic heterocycles. The Morgan fingerprint density at radius 2 is 1.56 bits per heavy atom. The number of carbonyl (C=O) groups is 1. The van der Waals surface area contributed by atoms with Crippen LogP contribution in [0.1, 0.15) is 11.1 Å². The molecule has 0 atom stereocenters. The number of hydrogen-bond acceptors (Lipinski definition) is 4. The Morgan fingerprint density at radius 1 is 0.812 bits per heavy atom. The molecule has 0 N–H and O–H groups in total. The lowest BCUT2D eigenvalue weighted by molar-refractivity contribution is -0.130. The largest absolute Gasteiger partial charge is 0.352 e. The highest BCUT2D eigenvalue weighted by Crippen LogP contribution is 2.23. The molecule has 0 bridgehead atoms. The fourth-order valence-corrected chi connectivity index (χ4v) is 4.40. The van der Waals surface area contributed by atoms with E-state index >= 15 is 0 Å². The number of hydrogen-bond donors (Lipinski definition) is 0. The number of anilines is 1. The summed E-state index contributed by atoms with van der Waals surface area (Å²) < 4.78 is 0. The van der Waals surface area contributed by atoms with Crippen molar-refractivity contribution in [2.24, 2.45) is 0 Å². The van der Waals surface area contributed by atoms with Gasteiger partial charge in [0.25, 0.3) is 0 Å². The molecule has 0 spiro atoms. The van der Waals surface area contributed by atoms with Gasteiger partial charge in [0.15, 0.2) is 5.82 Å². The molecular weight excluding hydrogens is 396 g/mol. The van der Waals surface area contributed by atoms with Gasteiger partial charge in [-0.15, -0.1) is 10.2 Å². The maximum absolute atomic E-state index is 13.0. The first kappa shape index (κ1) is 20.2. The van der Waals surface area contributed by atoms with E-state index in [1.165, 1.54) is 10.9 Å². The van der Waals surface area contributed by atoms with Gasteiger partial charge in [-0.05, 0) is 41.0 Å². The second-order valence-corrected chi connectivity index (χ2v) is 8.27. The number of aryl methyl sites for hydroxylation is 1. The minimum atomic E-state index is 0.182. The van der Waals surface area contributed by atoms with Gasteiger partial charge >= 0.3 is 0 Å². The third-order valence-corrected chi connectivity index (χ3v) is 6.25. The molecule has 5 heteroatoms. The van der Waals surface area contributed by atoms with Crippen LogP contribution in [0.4, 0.5) is 5.82 Å². The van der Waals surface area contributed by atoms with Crippen molar-refractivity contribution in [2.75, 3.05) is 31.1 Å². The van der Waals surface area contributed by atoms with Crippen molar-refractivity contribution in [3.05, 3.63) is 90.0 Å². The third kappa shape index (κ3) is 4.06. The number of amides is 1. The van der Waals surface area contributed by atoms with Gasteiger partial charge in [-0.2, -0.15) is 0 Å². The summed E-state index contributed by atoms with van der Waals surface area (Å²) in [5.74, 6) is 1.05. The molecule has 1 aliphatic heterocycles. The SMILES string of the molecule is Cc1ccccc1-c1ccc(N2CCN(C(=O)Cc3cccc4ccccc34)CC2)nn1. The predicted octanol–water partition coefficient (Wildman–Crippen LogP) is 4.50. The van der Waals surface area contributed by atoms with Crippen LogP contribution in [0, 0.1) is 6.92 Å². The third-order valence-electron chi connectivity index (χ3n) is 6.25. The fraction of sp³-hybridized carbons (Fsp3) is 0.222. The molecule has 5 rings (SSSR count). The van der Waals surface area contributed by atoms with E-state index in [0.29, 0.717) is 19.5 Å². The van der Waals surface area contributed by atoms with Gasteiger partial charge in [0.1, 0.15) is 0 Å². The minimum Gasteiger partial charge on any atom is -0.352 e. The van der Waals surface area contributed by atoms with Crippen molar-refractivity contribution in [1.29, 1.82) is 0 Å². The second-order valence-electron chi connectivity index (χ2n) is 8.27. The predicted molar refractivity (Wildman–Crippen MR) is 129 cm³/mol. The van der Waals surface area contributed by atoms with Gasteiger partial charge in [0, 0.05) is 31.7 Å². The molecular formula is C27H26N4O. The second kappa shape index (κ2) is 8.79. The maximum atomic E-state index is 13.0. The zero-order valence-corrected chi connectivity index (χ0v) is 18.2. The quantitative estimate of drug-likeness (QED) is 0.486. The molecule has 0 saturated carbocycles. The summed E-state index contributed by atoms with van der Waals surface area (Å²) in [5, 5.41) is 11.3. The van der Waals surface area contributed by atoms with E-state index in [1.54, 1.807) is 0 Å². The summed E-state index contributed by atoms with van der Waals surface area (Å²) in [6.07, 6.45) is 0.437.